The number of benzene rings is 2. The van der Waals surface area contributed by atoms with Crippen molar-refractivity contribution in [3.63, 3.8) is 0 Å². The van der Waals surface area contributed by atoms with E-state index in [-0.39, 0.29) is 12.5 Å². The second kappa shape index (κ2) is 8.41. The number of hydrogen-bond acceptors (Lipinski definition) is 4. The summed E-state index contributed by atoms with van der Waals surface area (Å²) in [6.07, 6.45) is 1.80. The van der Waals surface area contributed by atoms with Crippen LogP contribution in [0.25, 0.3) is 0 Å². The first kappa shape index (κ1) is 20.5. The van der Waals surface area contributed by atoms with Crippen LogP contribution < -0.4 is 14.4 Å². The highest BCUT2D eigenvalue weighted by atomic mass is 35.5. The molecular formula is C20H23ClN2O4S. The number of carbonyl (C=O) groups excluding carboxylic acids is 1. The Morgan fingerprint density at radius 1 is 1.25 bits per heavy atom. The van der Waals surface area contributed by atoms with E-state index in [2.05, 4.69) is 5.32 Å². The molecule has 2 aromatic carbocycles. The molecule has 1 N–H and O–H groups in total. The molecule has 1 unspecified atom stereocenters. The SMILES string of the molecule is Cc1ccc2c(c1)N(S(C)(=O)=O)CC(C(=O)NCCCc1ccc(Cl)cc1)O2. The average molecular weight is 423 g/mol. The molecule has 0 saturated carbocycles. The Bertz CT molecular complexity index is 961. The van der Waals surface area contributed by atoms with Gasteiger partial charge in [-0.05, 0) is 55.2 Å². The minimum Gasteiger partial charge on any atom is -0.476 e. The molecule has 3 rings (SSSR count). The molecule has 8 heteroatoms. The van der Waals surface area contributed by atoms with Gasteiger partial charge in [0.2, 0.25) is 10.0 Å². The van der Waals surface area contributed by atoms with Crippen molar-refractivity contribution < 1.29 is 17.9 Å². The lowest BCUT2D eigenvalue weighted by atomic mass is 10.1. The average Bonchev–Trinajstić information content (AvgIpc) is 2.64. The fourth-order valence-corrected chi connectivity index (χ4v) is 4.11. The van der Waals surface area contributed by atoms with E-state index in [0.29, 0.717) is 23.0 Å². The van der Waals surface area contributed by atoms with Gasteiger partial charge < -0.3 is 10.1 Å². The summed E-state index contributed by atoms with van der Waals surface area (Å²) in [6, 6.07) is 12.9. The summed E-state index contributed by atoms with van der Waals surface area (Å²) in [6.45, 7) is 2.31. The van der Waals surface area contributed by atoms with Crippen molar-refractivity contribution in [3.05, 3.63) is 58.6 Å². The highest BCUT2D eigenvalue weighted by molar-refractivity contribution is 7.92. The number of nitrogens with zero attached hydrogens (tertiary/aromatic N) is 1. The molecular weight excluding hydrogens is 400 g/mol. The smallest absolute Gasteiger partial charge is 0.263 e. The minimum atomic E-state index is -3.52. The number of amides is 1. The van der Waals surface area contributed by atoms with E-state index in [4.69, 9.17) is 16.3 Å². The van der Waals surface area contributed by atoms with Gasteiger partial charge in [0.25, 0.3) is 5.91 Å². The molecule has 0 saturated heterocycles. The molecule has 1 aliphatic heterocycles. The highest BCUT2D eigenvalue weighted by Gasteiger charge is 2.34. The summed E-state index contributed by atoms with van der Waals surface area (Å²) >= 11 is 5.87. The van der Waals surface area contributed by atoms with E-state index >= 15 is 0 Å². The highest BCUT2D eigenvalue weighted by Crippen LogP contribution is 2.35. The Hall–Kier alpha value is -2.25. The number of fused-ring (bicyclic) bond motifs is 1. The monoisotopic (exact) mass is 422 g/mol. The molecule has 0 fully saturated rings. The molecule has 0 bridgehead atoms. The summed E-state index contributed by atoms with van der Waals surface area (Å²) in [5, 5.41) is 3.53. The van der Waals surface area contributed by atoms with Gasteiger partial charge >= 0.3 is 0 Å². The first-order chi connectivity index (χ1) is 13.2. The van der Waals surface area contributed by atoms with Crippen LogP contribution in [0.4, 0.5) is 5.69 Å². The van der Waals surface area contributed by atoms with Gasteiger partial charge in [0.05, 0.1) is 18.5 Å². The summed E-state index contributed by atoms with van der Waals surface area (Å²) in [7, 11) is -3.52. The van der Waals surface area contributed by atoms with Gasteiger partial charge in [-0.2, -0.15) is 0 Å². The third kappa shape index (κ3) is 4.97. The maximum Gasteiger partial charge on any atom is 0.263 e. The Balaban J connectivity index is 1.61. The molecule has 1 heterocycles. The van der Waals surface area contributed by atoms with Crippen LogP contribution in [0.15, 0.2) is 42.5 Å². The predicted octanol–water partition coefficient (Wildman–Crippen LogP) is 2.92. The van der Waals surface area contributed by atoms with E-state index in [1.165, 1.54) is 4.31 Å². The number of halogens is 1. The lowest BCUT2D eigenvalue weighted by Crippen LogP contribution is -2.50. The molecule has 1 atom stereocenters. The molecule has 0 radical (unpaired) electrons. The first-order valence-corrected chi connectivity index (χ1v) is 11.2. The predicted molar refractivity (Wildman–Crippen MR) is 111 cm³/mol. The zero-order valence-corrected chi connectivity index (χ0v) is 17.4. The third-order valence-electron chi connectivity index (χ3n) is 4.53. The number of nitrogens with one attached hydrogen (secondary N) is 1. The molecule has 0 spiro atoms. The maximum atomic E-state index is 12.5. The van der Waals surface area contributed by atoms with E-state index in [1.54, 1.807) is 12.1 Å². The van der Waals surface area contributed by atoms with E-state index < -0.39 is 16.1 Å². The van der Waals surface area contributed by atoms with Gasteiger partial charge in [0, 0.05) is 11.6 Å². The van der Waals surface area contributed by atoms with E-state index in [9.17, 15) is 13.2 Å². The van der Waals surface area contributed by atoms with Crippen molar-refractivity contribution in [1.82, 2.24) is 5.32 Å². The van der Waals surface area contributed by atoms with Crippen molar-refractivity contribution in [2.24, 2.45) is 0 Å². The van der Waals surface area contributed by atoms with Gasteiger partial charge in [-0.1, -0.05) is 29.8 Å². The van der Waals surface area contributed by atoms with Crippen molar-refractivity contribution in [3.8, 4) is 5.75 Å². The summed E-state index contributed by atoms with van der Waals surface area (Å²) < 4.78 is 31.4. The van der Waals surface area contributed by atoms with Crippen molar-refractivity contribution in [1.29, 1.82) is 0 Å². The fraction of sp³-hybridized carbons (Fsp3) is 0.350. The summed E-state index contributed by atoms with van der Waals surface area (Å²) in [5.74, 6) is 0.0690. The van der Waals surface area contributed by atoms with Gasteiger partial charge in [0.15, 0.2) is 6.10 Å². The number of hydrogen-bond donors (Lipinski definition) is 1. The topological polar surface area (TPSA) is 75.7 Å². The molecule has 2 aromatic rings. The Morgan fingerprint density at radius 3 is 2.64 bits per heavy atom. The lowest BCUT2D eigenvalue weighted by Gasteiger charge is -2.34. The Kier molecular flexibility index (Phi) is 6.15. The molecule has 6 nitrogen and oxygen atoms in total. The zero-order valence-electron chi connectivity index (χ0n) is 15.8. The molecule has 150 valence electrons. The number of ether oxygens (including phenoxy) is 1. The fourth-order valence-electron chi connectivity index (χ4n) is 3.08. The van der Waals surface area contributed by atoms with Gasteiger partial charge in [-0.15, -0.1) is 0 Å². The lowest BCUT2D eigenvalue weighted by molar-refractivity contribution is -0.127. The van der Waals surface area contributed by atoms with Crippen LogP contribution >= 0.6 is 11.6 Å². The summed E-state index contributed by atoms with van der Waals surface area (Å²) in [4.78, 5) is 12.5. The largest absolute Gasteiger partial charge is 0.476 e. The van der Waals surface area contributed by atoms with Gasteiger partial charge in [0.1, 0.15) is 5.75 Å². The normalized spacial score (nSPS) is 16.2. The molecule has 0 aliphatic carbocycles. The second-order valence-corrected chi connectivity index (χ2v) is 9.24. The van der Waals surface area contributed by atoms with Crippen LogP contribution in [0, 0.1) is 6.92 Å². The van der Waals surface area contributed by atoms with Crippen LogP contribution in [-0.2, 0) is 21.2 Å². The number of rotatable bonds is 6. The first-order valence-electron chi connectivity index (χ1n) is 9.01. The van der Waals surface area contributed by atoms with Crippen molar-refractivity contribution in [2.45, 2.75) is 25.9 Å². The molecule has 28 heavy (non-hydrogen) atoms. The maximum absolute atomic E-state index is 12.5. The number of sulfonamides is 1. The van der Waals surface area contributed by atoms with Crippen molar-refractivity contribution >= 4 is 33.2 Å². The van der Waals surface area contributed by atoms with E-state index in [0.717, 1.165) is 30.2 Å². The molecule has 1 amide bonds. The Labute approximate surface area is 170 Å². The standard InChI is InChI=1S/C20H23ClN2O4S/c1-14-5-10-18-17(12-14)23(28(2,25)26)13-19(27-18)20(24)22-11-3-4-15-6-8-16(21)9-7-15/h5-10,12,19H,3-4,11,13H2,1-2H3,(H,22,24). The second-order valence-electron chi connectivity index (χ2n) is 6.89. The molecule has 1 aliphatic rings. The van der Waals surface area contributed by atoms with Gasteiger partial charge in [-0.25, -0.2) is 8.42 Å². The quantitative estimate of drug-likeness (QED) is 0.726. The third-order valence-corrected chi connectivity index (χ3v) is 5.93. The van der Waals surface area contributed by atoms with Crippen LogP contribution in [0.1, 0.15) is 17.5 Å². The number of carbonyl (C=O) groups is 1. The van der Waals surface area contributed by atoms with E-state index in [1.807, 2.05) is 37.3 Å². The number of aryl methyl sites for hydroxylation is 2. The van der Waals surface area contributed by atoms with Crippen LogP contribution in [0.2, 0.25) is 5.02 Å². The van der Waals surface area contributed by atoms with Gasteiger partial charge in [-0.3, -0.25) is 9.10 Å². The van der Waals surface area contributed by atoms with Crippen LogP contribution in [0.5, 0.6) is 5.75 Å². The van der Waals surface area contributed by atoms with Crippen molar-refractivity contribution in [2.75, 3.05) is 23.7 Å². The zero-order chi connectivity index (χ0) is 20.3. The van der Waals surface area contributed by atoms with Crippen LogP contribution in [0.3, 0.4) is 0 Å². The summed E-state index contributed by atoms with van der Waals surface area (Å²) in [5.41, 5.74) is 2.52. The number of anilines is 1. The Morgan fingerprint density at radius 2 is 1.96 bits per heavy atom. The molecule has 0 aromatic heterocycles. The van der Waals surface area contributed by atoms with Crippen LogP contribution in [-0.4, -0.2) is 39.8 Å². The minimum absolute atomic E-state index is 0.0433.